The highest BCUT2D eigenvalue weighted by Gasteiger charge is 2.23. The number of hydrogen-bond acceptors (Lipinski definition) is 2. The van der Waals surface area contributed by atoms with Gasteiger partial charge in [0.2, 0.25) is 0 Å². The van der Waals surface area contributed by atoms with E-state index in [2.05, 4.69) is 18.7 Å². The molecule has 2 heteroatoms. The molecule has 0 aromatic heterocycles. The van der Waals surface area contributed by atoms with Crippen molar-refractivity contribution in [2.45, 2.75) is 17.3 Å². The zero-order valence-corrected chi connectivity index (χ0v) is 7.69. The van der Waals surface area contributed by atoms with Gasteiger partial charge in [0.1, 0.15) is 5.44 Å². The van der Waals surface area contributed by atoms with Crippen LogP contribution < -0.4 is 0 Å². The normalized spacial score (nSPS) is 21.2. The Morgan fingerprint density at radius 2 is 2.25 bits per heavy atom. The molecule has 12 heavy (non-hydrogen) atoms. The Bertz CT molecular complexity index is 344. The molecule has 1 heterocycles. The van der Waals surface area contributed by atoms with Crippen LogP contribution in [0.1, 0.15) is 11.1 Å². The summed E-state index contributed by atoms with van der Waals surface area (Å²) in [6, 6.07) is 6.16. The van der Waals surface area contributed by atoms with Crippen LogP contribution in [-0.4, -0.2) is 10.5 Å². The molecule has 1 aromatic rings. The van der Waals surface area contributed by atoms with Gasteiger partial charge in [0.15, 0.2) is 0 Å². The summed E-state index contributed by atoms with van der Waals surface area (Å²) in [5.41, 5.74) is 2.71. The van der Waals surface area contributed by atoms with E-state index in [1.165, 1.54) is 17.3 Å². The van der Waals surface area contributed by atoms with Gasteiger partial charge in [-0.25, -0.2) is 0 Å². The maximum Gasteiger partial charge on any atom is 0.129 e. The van der Waals surface area contributed by atoms with Gasteiger partial charge in [-0.15, -0.1) is 0 Å². The maximum atomic E-state index is 9.47. The van der Waals surface area contributed by atoms with Crippen molar-refractivity contribution in [2.75, 3.05) is 0 Å². The molecule has 0 radical (unpaired) electrons. The molecule has 0 saturated carbocycles. The third-order valence-electron chi connectivity index (χ3n) is 2.02. The first-order valence-corrected chi connectivity index (χ1v) is 4.71. The zero-order chi connectivity index (χ0) is 8.72. The van der Waals surface area contributed by atoms with Crippen LogP contribution in [0, 0.1) is 6.92 Å². The highest BCUT2D eigenvalue weighted by molar-refractivity contribution is 8.00. The molecule has 0 bridgehead atoms. The Hall–Kier alpha value is -0.730. The Balaban J connectivity index is 2.56. The molecule has 1 aromatic carbocycles. The molecule has 1 aliphatic heterocycles. The van der Waals surface area contributed by atoms with Crippen molar-refractivity contribution in [2.24, 2.45) is 0 Å². The number of hydrogen-bond donors (Lipinski definition) is 1. The lowest BCUT2D eigenvalue weighted by atomic mass is 10.1. The van der Waals surface area contributed by atoms with Gasteiger partial charge in [-0.3, -0.25) is 0 Å². The summed E-state index contributed by atoms with van der Waals surface area (Å²) in [5.74, 6) is 0. The summed E-state index contributed by atoms with van der Waals surface area (Å²) in [5, 5.41) is 9.47. The van der Waals surface area contributed by atoms with E-state index in [0.717, 1.165) is 16.0 Å². The highest BCUT2D eigenvalue weighted by atomic mass is 32.2. The summed E-state index contributed by atoms with van der Waals surface area (Å²) in [6.07, 6.45) is 0. The highest BCUT2D eigenvalue weighted by Crippen LogP contribution is 2.42. The number of thioether (sulfide) groups is 1. The van der Waals surface area contributed by atoms with Crippen molar-refractivity contribution in [3.63, 3.8) is 0 Å². The number of aliphatic hydroxyl groups excluding tert-OH is 1. The van der Waals surface area contributed by atoms with Crippen LogP contribution in [0.3, 0.4) is 0 Å². The van der Waals surface area contributed by atoms with E-state index in [9.17, 15) is 5.11 Å². The second-order valence-corrected chi connectivity index (χ2v) is 4.12. The quantitative estimate of drug-likeness (QED) is 0.658. The third-order valence-corrected chi connectivity index (χ3v) is 3.14. The molecule has 1 nitrogen and oxygen atoms in total. The predicted octanol–water partition coefficient (Wildman–Crippen LogP) is 2.43. The van der Waals surface area contributed by atoms with Crippen LogP contribution in [0.25, 0.3) is 5.57 Å². The predicted molar refractivity (Wildman–Crippen MR) is 52.1 cm³/mol. The fraction of sp³-hybridized carbons (Fsp3) is 0.200. The molecule has 0 fully saturated rings. The van der Waals surface area contributed by atoms with Crippen molar-refractivity contribution in [3.8, 4) is 0 Å². The van der Waals surface area contributed by atoms with Gasteiger partial charge in [0, 0.05) is 4.90 Å². The second-order valence-electron chi connectivity index (χ2n) is 3.00. The molecule has 0 amide bonds. The molecule has 0 saturated heterocycles. The second kappa shape index (κ2) is 2.64. The molecule has 0 spiro atoms. The van der Waals surface area contributed by atoms with Gasteiger partial charge >= 0.3 is 0 Å². The van der Waals surface area contributed by atoms with Gasteiger partial charge in [0.05, 0.1) is 0 Å². The van der Waals surface area contributed by atoms with Crippen LogP contribution in [0.5, 0.6) is 0 Å². The minimum absolute atomic E-state index is 0.443. The molecule has 0 aliphatic carbocycles. The molecule has 1 aliphatic rings. The van der Waals surface area contributed by atoms with E-state index in [1.807, 2.05) is 13.0 Å². The van der Waals surface area contributed by atoms with Crippen molar-refractivity contribution < 1.29 is 5.11 Å². The summed E-state index contributed by atoms with van der Waals surface area (Å²) >= 11 is 1.46. The number of aryl methyl sites for hydroxylation is 1. The van der Waals surface area contributed by atoms with E-state index < -0.39 is 5.44 Å². The number of benzene rings is 1. The van der Waals surface area contributed by atoms with Gasteiger partial charge in [0.25, 0.3) is 0 Å². The topological polar surface area (TPSA) is 20.2 Å². The monoisotopic (exact) mass is 178 g/mol. The Kier molecular flexibility index (Phi) is 1.74. The SMILES string of the molecule is C=C1c2cc(C)ccc2SC1O. The van der Waals surface area contributed by atoms with Gasteiger partial charge in [-0.2, -0.15) is 0 Å². The van der Waals surface area contributed by atoms with Crippen molar-refractivity contribution in [1.29, 1.82) is 0 Å². The number of fused-ring (bicyclic) bond motifs is 1. The minimum Gasteiger partial charge on any atom is -0.378 e. The Morgan fingerprint density at radius 1 is 1.50 bits per heavy atom. The molecule has 1 N–H and O–H groups in total. The van der Waals surface area contributed by atoms with E-state index in [4.69, 9.17) is 0 Å². The molecule has 62 valence electrons. The summed E-state index contributed by atoms with van der Waals surface area (Å²) in [7, 11) is 0. The first-order valence-electron chi connectivity index (χ1n) is 3.83. The molecular weight excluding hydrogens is 168 g/mol. The van der Waals surface area contributed by atoms with E-state index >= 15 is 0 Å². The largest absolute Gasteiger partial charge is 0.378 e. The number of rotatable bonds is 0. The van der Waals surface area contributed by atoms with Crippen LogP contribution in [0.2, 0.25) is 0 Å². The lowest BCUT2D eigenvalue weighted by molar-refractivity contribution is 0.320. The Labute approximate surface area is 76.1 Å². The third kappa shape index (κ3) is 1.08. The van der Waals surface area contributed by atoms with E-state index in [-0.39, 0.29) is 0 Å². The van der Waals surface area contributed by atoms with Gasteiger partial charge in [-0.1, -0.05) is 36.0 Å². The maximum absolute atomic E-state index is 9.47. The van der Waals surface area contributed by atoms with E-state index in [0.29, 0.717) is 0 Å². The van der Waals surface area contributed by atoms with Crippen molar-refractivity contribution in [1.82, 2.24) is 0 Å². The standard InChI is InChI=1S/C10H10OS/c1-6-3-4-9-8(5-6)7(2)10(11)12-9/h3-5,10-11H,2H2,1H3. The molecular formula is C10H10OS. The smallest absolute Gasteiger partial charge is 0.129 e. The van der Waals surface area contributed by atoms with Crippen molar-refractivity contribution >= 4 is 17.3 Å². The van der Waals surface area contributed by atoms with Gasteiger partial charge < -0.3 is 5.11 Å². The lowest BCUT2D eigenvalue weighted by Gasteiger charge is -2.00. The van der Waals surface area contributed by atoms with E-state index in [1.54, 1.807) is 0 Å². The summed E-state index contributed by atoms with van der Waals surface area (Å²) in [6.45, 7) is 5.89. The molecule has 1 atom stereocenters. The van der Waals surface area contributed by atoms with Crippen LogP contribution in [-0.2, 0) is 0 Å². The minimum atomic E-state index is -0.443. The van der Waals surface area contributed by atoms with Gasteiger partial charge in [-0.05, 0) is 24.1 Å². The van der Waals surface area contributed by atoms with Crippen molar-refractivity contribution in [3.05, 3.63) is 35.9 Å². The fourth-order valence-corrected chi connectivity index (χ4v) is 2.30. The number of aliphatic hydroxyl groups is 1. The first kappa shape index (κ1) is 7.90. The molecule has 2 rings (SSSR count). The van der Waals surface area contributed by atoms with Crippen LogP contribution in [0.4, 0.5) is 0 Å². The summed E-state index contributed by atoms with van der Waals surface area (Å²) in [4.78, 5) is 1.14. The molecule has 1 unspecified atom stereocenters. The Morgan fingerprint density at radius 3 is 3.00 bits per heavy atom. The first-order chi connectivity index (χ1) is 5.68. The average Bonchev–Trinajstić information content (AvgIpc) is 2.31. The average molecular weight is 178 g/mol. The summed E-state index contributed by atoms with van der Waals surface area (Å²) < 4.78 is 0. The van der Waals surface area contributed by atoms with Crippen LogP contribution in [0.15, 0.2) is 29.7 Å². The van der Waals surface area contributed by atoms with Crippen LogP contribution >= 0.6 is 11.8 Å². The lowest BCUT2D eigenvalue weighted by Crippen LogP contribution is -1.94. The zero-order valence-electron chi connectivity index (χ0n) is 6.87. The fourth-order valence-electron chi connectivity index (χ4n) is 1.32.